The summed E-state index contributed by atoms with van der Waals surface area (Å²) in [5, 5.41) is 21.2. The van der Waals surface area contributed by atoms with Crippen molar-refractivity contribution in [2.75, 3.05) is 32.7 Å². The molecule has 0 spiro atoms. The van der Waals surface area contributed by atoms with E-state index in [9.17, 15) is 15.2 Å². The molecule has 1 atom stereocenters. The van der Waals surface area contributed by atoms with Crippen molar-refractivity contribution in [2.45, 2.75) is 12.6 Å². The van der Waals surface area contributed by atoms with E-state index >= 15 is 0 Å². The highest BCUT2D eigenvalue weighted by atomic mass is 16.6. The Kier molecular flexibility index (Phi) is 5.24. The molecule has 0 saturated carbocycles. The molecule has 7 nitrogen and oxygen atoms in total. The molecular weight excluding hydrogens is 310 g/mol. The Labute approximate surface area is 140 Å². The molecule has 24 heavy (non-hydrogen) atoms. The van der Waals surface area contributed by atoms with Gasteiger partial charge < -0.3 is 9.52 Å². The van der Waals surface area contributed by atoms with Crippen molar-refractivity contribution in [1.82, 2.24) is 9.80 Å². The second-order valence-corrected chi connectivity index (χ2v) is 6.02. The van der Waals surface area contributed by atoms with E-state index in [1.165, 1.54) is 12.1 Å². The molecule has 0 amide bonds. The van der Waals surface area contributed by atoms with Gasteiger partial charge in [0.05, 0.1) is 23.8 Å². The third-order valence-electron chi connectivity index (χ3n) is 4.32. The van der Waals surface area contributed by atoms with Gasteiger partial charge >= 0.3 is 0 Å². The van der Waals surface area contributed by atoms with E-state index in [0.717, 1.165) is 38.5 Å². The van der Waals surface area contributed by atoms with Gasteiger partial charge in [-0.3, -0.25) is 19.9 Å². The van der Waals surface area contributed by atoms with Crippen LogP contribution in [-0.4, -0.2) is 52.6 Å². The van der Waals surface area contributed by atoms with Crippen molar-refractivity contribution >= 4 is 5.69 Å². The number of hydrogen-bond acceptors (Lipinski definition) is 6. The molecule has 0 radical (unpaired) electrons. The minimum Gasteiger partial charge on any atom is -0.468 e. The highest BCUT2D eigenvalue weighted by Gasteiger charge is 2.21. The summed E-state index contributed by atoms with van der Waals surface area (Å²) in [7, 11) is 0. The van der Waals surface area contributed by atoms with Crippen LogP contribution in [0, 0.1) is 10.1 Å². The Morgan fingerprint density at radius 1 is 1.17 bits per heavy atom. The molecule has 0 aliphatic carbocycles. The van der Waals surface area contributed by atoms with Gasteiger partial charge in [-0.15, -0.1) is 0 Å². The molecule has 1 N–H and O–H groups in total. The minimum absolute atomic E-state index is 0.00909. The van der Waals surface area contributed by atoms with E-state index in [4.69, 9.17) is 4.42 Å². The predicted molar refractivity (Wildman–Crippen MR) is 88.5 cm³/mol. The Hall–Kier alpha value is -2.22. The molecule has 2 aromatic rings. The van der Waals surface area contributed by atoms with E-state index in [1.807, 2.05) is 12.1 Å². The van der Waals surface area contributed by atoms with Crippen LogP contribution in [0.25, 0.3) is 0 Å². The summed E-state index contributed by atoms with van der Waals surface area (Å²) in [5.41, 5.74) is 0.594. The van der Waals surface area contributed by atoms with Crippen LogP contribution >= 0.6 is 0 Å². The fraction of sp³-hybridized carbons (Fsp3) is 0.412. The van der Waals surface area contributed by atoms with E-state index < -0.39 is 11.0 Å². The number of non-ortho nitro benzene ring substituents is 1. The normalized spacial score (nSPS) is 17.7. The van der Waals surface area contributed by atoms with Gasteiger partial charge in [-0.05, 0) is 17.7 Å². The highest BCUT2D eigenvalue weighted by molar-refractivity contribution is 5.35. The van der Waals surface area contributed by atoms with Gasteiger partial charge in [0.2, 0.25) is 0 Å². The first-order chi connectivity index (χ1) is 11.6. The maximum Gasteiger partial charge on any atom is 0.269 e. The van der Waals surface area contributed by atoms with Crippen molar-refractivity contribution in [1.29, 1.82) is 0 Å². The van der Waals surface area contributed by atoms with Crippen LogP contribution in [0.4, 0.5) is 5.69 Å². The van der Waals surface area contributed by atoms with Gasteiger partial charge in [0.1, 0.15) is 5.76 Å². The highest BCUT2D eigenvalue weighted by Crippen LogP contribution is 2.20. The van der Waals surface area contributed by atoms with Crippen LogP contribution in [0.5, 0.6) is 0 Å². The number of hydrogen-bond donors (Lipinski definition) is 1. The second-order valence-electron chi connectivity index (χ2n) is 6.02. The lowest BCUT2D eigenvalue weighted by Crippen LogP contribution is -2.47. The van der Waals surface area contributed by atoms with Crippen molar-refractivity contribution in [3.8, 4) is 0 Å². The van der Waals surface area contributed by atoms with Crippen LogP contribution in [0.3, 0.4) is 0 Å². The van der Waals surface area contributed by atoms with Crippen LogP contribution in [0.1, 0.15) is 17.4 Å². The first-order valence-corrected chi connectivity index (χ1v) is 8.01. The molecule has 2 heterocycles. The molecule has 0 bridgehead atoms. The maximum absolute atomic E-state index is 10.8. The largest absolute Gasteiger partial charge is 0.468 e. The SMILES string of the molecule is O=[N+]([O-])c1cccc(C(O)CN2CCN(Cc3ccco3)CC2)c1. The van der Waals surface area contributed by atoms with Gasteiger partial charge in [0.25, 0.3) is 5.69 Å². The number of nitro groups is 1. The fourth-order valence-corrected chi connectivity index (χ4v) is 2.95. The maximum atomic E-state index is 10.8. The zero-order chi connectivity index (χ0) is 16.9. The fourth-order valence-electron chi connectivity index (χ4n) is 2.95. The summed E-state index contributed by atoms with van der Waals surface area (Å²) in [5.74, 6) is 0.958. The Balaban J connectivity index is 1.50. The number of aliphatic hydroxyl groups is 1. The summed E-state index contributed by atoms with van der Waals surface area (Å²) in [6.45, 7) is 4.80. The number of aliphatic hydroxyl groups excluding tert-OH is 1. The topological polar surface area (TPSA) is 83.0 Å². The Bertz CT molecular complexity index is 666. The monoisotopic (exact) mass is 331 g/mol. The number of rotatable bonds is 6. The molecule has 7 heteroatoms. The molecule has 1 aromatic heterocycles. The first kappa shape index (κ1) is 16.6. The summed E-state index contributed by atoms with van der Waals surface area (Å²) in [6, 6.07) is 10.1. The molecule has 1 aliphatic rings. The Morgan fingerprint density at radius 2 is 1.92 bits per heavy atom. The number of benzene rings is 1. The van der Waals surface area contributed by atoms with Crippen molar-refractivity contribution in [2.24, 2.45) is 0 Å². The molecule has 1 aromatic carbocycles. The van der Waals surface area contributed by atoms with Crippen molar-refractivity contribution in [3.05, 3.63) is 64.1 Å². The molecule has 1 fully saturated rings. The molecule has 1 unspecified atom stereocenters. The van der Waals surface area contributed by atoms with Crippen LogP contribution < -0.4 is 0 Å². The predicted octanol–water partition coefficient (Wildman–Crippen LogP) is 2.04. The number of furan rings is 1. The summed E-state index contributed by atoms with van der Waals surface area (Å²) < 4.78 is 5.37. The zero-order valence-electron chi connectivity index (χ0n) is 13.4. The third-order valence-corrected chi connectivity index (χ3v) is 4.32. The van der Waals surface area contributed by atoms with Crippen LogP contribution in [0.15, 0.2) is 47.1 Å². The Morgan fingerprint density at radius 3 is 2.58 bits per heavy atom. The average molecular weight is 331 g/mol. The molecule has 1 aliphatic heterocycles. The lowest BCUT2D eigenvalue weighted by Gasteiger charge is -2.35. The van der Waals surface area contributed by atoms with Gasteiger partial charge in [-0.25, -0.2) is 0 Å². The summed E-state index contributed by atoms with van der Waals surface area (Å²) in [6.07, 6.45) is 0.961. The molecule has 128 valence electrons. The third kappa shape index (κ3) is 4.19. The summed E-state index contributed by atoms with van der Waals surface area (Å²) >= 11 is 0. The van der Waals surface area contributed by atoms with Crippen molar-refractivity contribution in [3.63, 3.8) is 0 Å². The lowest BCUT2D eigenvalue weighted by molar-refractivity contribution is -0.385. The number of nitro benzene ring substituents is 1. The van der Waals surface area contributed by atoms with E-state index in [0.29, 0.717) is 12.1 Å². The second kappa shape index (κ2) is 7.57. The lowest BCUT2D eigenvalue weighted by atomic mass is 10.1. The quantitative estimate of drug-likeness (QED) is 0.644. The smallest absolute Gasteiger partial charge is 0.269 e. The minimum atomic E-state index is -0.721. The molecule has 3 rings (SSSR count). The van der Waals surface area contributed by atoms with Crippen LogP contribution in [-0.2, 0) is 6.54 Å². The van der Waals surface area contributed by atoms with Crippen molar-refractivity contribution < 1.29 is 14.4 Å². The van der Waals surface area contributed by atoms with Gasteiger partial charge in [-0.1, -0.05) is 12.1 Å². The molecule has 1 saturated heterocycles. The standard InChI is InChI=1S/C17H21N3O4/c21-17(14-3-1-4-15(11-14)20(22)23)13-19-8-6-18(7-9-19)12-16-5-2-10-24-16/h1-5,10-11,17,21H,6-9,12-13H2. The first-order valence-electron chi connectivity index (χ1n) is 8.01. The summed E-state index contributed by atoms with van der Waals surface area (Å²) in [4.78, 5) is 14.9. The zero-order valence-corrected chi connectivity index (χ0v) is 13.4. The average Bonchev–Trinajstić information content (AvgIpc) is 3.10. The number of nitrogens with zero attached hydrogens (tertiary/aromatic N) is 3. The molecular formula is C17H21N3O4. The number of β-amino-alcohol motifs (C(OH)–C–C–N with tert-alkyl or cyclic N) is 1. The van der Waals surface area contributed by atoms with E-state index in [1.54, 1.807) is 18.4 Å². The van der Waals surface area contributed by atoms with Crippen LogP contribution in [0.2, 0.25) is 0 Å². The number of piperazine rings is 1. The van der Waals surface area contributed by atoms with E-state index in [2.05, 4.69) is 9.80 Å². The van der Waals surface area contributed by atoms with Gasteiger partial charge in [0, 0.05) is 44.9 Å². The van der Waals surface area contributed by atoms with E-state index in [-0.39, 0.29) is 5.69 Å². The van der Waals surface area contributed by atoms with Gasteiger partial charge in [0.15, 0.2) is 0 Å². The van der Waals surface area contributed by atoms with Gasteiger partial charge in [-0.2, -0.15) is 0 Å².